The van der Waals surface area contributed by atoms with Crippen LogP contribution >= 0.6 is 0 Å². The van der Waals surface area contributed by atoms with E-state index >= 15 is 0 Å². The van der Waals surface area contributed by atoms with E-state index in [0.717, 1.165) is 5.56 Å². The topological polar surface area (TPSA) is 93.7 Å². The molecule has 8 heteroatoms. The fraction of sp³-hybridized carbons (Fsp3) is 0.348. The van der Waals surface area contributed by atoms with E-state index in [2.05, 4.69) is 10.6 Å². The van der Waals surface area contributed by atoms with Crippen molar-refractivity contribution in [1.29, 1.82) is 0 Å². The molecular weight excluding hydrogens is 403 g/mol. The Hall–Kier alpha value is -3.42. The molecule has 2 aromatic carbocycles. The first-order valence-electron chi connectivity index (χ1n) is 9.90. The van der Waals surface area contributed by atoms with Crippen LogP contribution in [0.15, 0.2) is 54.6 Å². The van der Waals surface area contributed by atoms with Crippen LogP contribution in [0.2, 0.25) is 0 Å². The molecule has 0 spiro atoms. The molecule has 166 valence electrons. The third-order valence-corrected chi connectivity index (χ3v) is 4.57. The maximum atomic E-state index is 13.5. The Morgan fingerprint density at radius 3 is 2.26 bits per heavy atom. The summed E-state index contributed by atoms with van der Waals surface area (Å²) in [5, 5.41) is 5.13. The minimum absolute atomic E-state index is 0.0411. The van der Waals surface area contributed by atoms with Gasteiger partial charge in [-0.3, -0.25) is 4.79 Å². The molecule has 0 aliphatic heterocycles. The number of carbonyl (C=O) groups is 3. The molecule has 0 unspecified atom stereocenters. The van der Waals surface area contributed by atoms with E-state index in [4.69, 9.17) is 9.47 Å². The first kappa shape index (κ1) is 23.9. The van der Waals surface area contributed by atoms with Gasteiger partial charge in [-0.15, -0.1) is 0 Å². The molecule has 0 bridgehead atoms. The number of amides is 2. The van der Waals surface area contributed by atoms with Crippen molar-refractivity contribution in [2.45, 2.75) is 39.0 Å². The maximum absolute atomic E-state index is 13.5. The Morgan fingerprint density at radius 2 is 1.65 bits per heavy atom. The SMILES string of the molecule is COC(=O)[C@H](Cc1cccc(F)c1)NC(=O)[C@@H](NC(=O)OCc1ccccc1)C(C)C. The summed E-state index contributed by atoms with van der Waals surface area (Å²) in [6.45, 7) is 3.56. The van der Waals surface area contributed by atoms with Gasteiger partial charge in [0.2, 0.25) is 5.91 Å². The van der Waals surface area contributed by atoms with Crippen molar-refractivity contribution in [3.8, 4) is 0 Å². The molecule has 31 heavy (non-hydrogen) atoms. The van der Waals surface area contributed by atoms with Crippen LogP contribution < -0.4 is 10.6 Å². The number of hydrogen-bond acceptors (Lipinski definition) is 5. The second-order valence-corrected chi connectivity index (χ2v) is 7.35. The zero-order valence-electron chi connectivity index (χ0n) is 17.8. The third-order valence-electron chi connectivity index (χ3n) is 4.57. The molecule has 0 saturated heterocycles. The lowest BCUT2D eigenvalue weighted by Crippen LogP contribution is -2.54. The number of halogens is 1. The standard InChI is InChI=1S/C23H27FN2O5/c1-15(2)20(26-23(29)31-14-16-8-5-4-6-9-16)21(27)25-19(22(28)30-3)13-17-10-7-11-18(24)12-17/h4-12,15,19-20H,13-14H2,1-3H3,(H,25,27)(H,26,29)/t19-,20-/m0/s1. The van der Waals surface area contributed by atoms with Crippen LogP contribution in [0.4, 0.5) is 9.18 Å². The molecule has 0 aliphatic rings. The molecule has 0 saturated carbocycles. The molecule has 2 amide bonds. The summed E-state index contributed by atoms with van der Waals surface area (Å²) in [7, 11) is 1.20. The van der Waals surface area contributed by atoms with E-state index in [1.54, 1.807) is 19.9 Å². The number of rotatable bonds is 9. The number of benzene rings is 2. The van der Waals surface area contributed by atoms with Crippen molar-refractivity contribution in [3.63, 3.8) is 0 Å². The predicted octanol–water partition coefficient (Wildman–Crippen LogP) is 2.98. The fourth-order valence-corrected chi connectivity index (χ4v) is 2.92. The van der Waals surface area contributed by atoms with Crippen LogP contribution in [0.3, 0.4) is 0 Å². The van der Waals surface area contributed by atoms with Crippen LogP contribution in [-0.2, 0) is 32.1 Å². The lowest BCUT2D eigenvalue weighted by atomic mass is 10.0. The summed E-state index contributed by atoms with van der Waals surface area (Å²) in [5.41, 5.74) is 1.33. The highest BCUT2D eigenvalue weighted by Gasteiger charge is 2.30. The third kappa shape index (κ3) is 7.73. The smallest absolute Gasteiger partial charge is 0.408 e. The quantitative estimate of drug-likeness (QED) is 0.597. The molecule has 0 aromatic heterocycles. The van der Waals surface area contributed by atoms with Gasteiger partial charge in [0.1, 0.15) is 24.5 Å². The number of carbonyl (C=O) groups excluding carboxylic acids is 3. The highest BCUT2D eigenvalue weighted by atomic mass is 19.1. The molecule has 0 fully saturated rings. The monoisotopic (exact) mass is 430 g/mol. The van der Waals surface area contributed by atoms with E-state index in [0.29, 0.717) is 5.56 Å². The number of ether oxygens (including phenoxy) is 2. The number of methoxy groups -OCH3 is 1. The van der Waals surface area contributed by atoms with E-state index in [-0.39, 0.29) is 18.9 Å². The maximum Gasteiger partial charge on any atom is 0.408 e. The first-order chi connectivity index (χ1) is 14.8. The van der Waals surface area contributed by atoms with E-state index in [1.807, 2.05) is 30.3 Å². The molecule has 2 atom stereocenters. The van der Waals surface area contributed by atoms with Crippen molar-refractivity contribution in [1.82, 2.24) is 10.6 Å². The first-order valence-corrected chi connectivity index (χ1v) is 9.90. The Bertz CT molecular complexity index is 889. The zero-order chi connectivity index (χ0) is 22.8. The van der Waals surface area contributed by atoms with Crippen LogP contribution in [0.1, 0.15) is 25.0 Å². The lowest BCUT2D eigenvalue weighted by Gasteiger charge is -2.24. The molecule has 7 nitrogen and oxygen atoms in total. The Morgan fingerprint density at radius 1 is 0.968 bits per heavy atom. The molecule has 2 aromatic rings. The average Bonchev–Trinajstić information content (AvgIpc) is 2.75. The summed E-state index contributed by atoms with van der Waals surface area (Å²) >= 11 is 0. The van der Waals surface area contributed by atoms with Gasteiger partial charge in [-0.25, -0.2) is 14.0 Å². The number of hydrogen-bond donors (Lipinski definition) is 2. The average molecular weight is 430 g/mol. The Labute approximate surface area is 180 Å². The van der Waals surface area contributed by atoms with Crippen LogP contribution in [-0.4, -0.2) is 37.2 Å². The predicted molar refractivity (Wildman–Crippen MR) is 112 cm³/mol. The second kappa shape index (κ2) is 11.7. The van der Waals surface area contributed by atoms with Gasteiger partial charge in [0.25, 0.3) is 0 Å². The minimum atomic E-state index is -1.04. The molecule has 0 heterocycles. The highest BCUT2D eigenvalue weighted by Crippen LogP contribution is 2.10. The van der Waals surface area contributed by atoms with Crippen LogP contribution in [0, 0.1) is 11.7 Å². The van der Waals surface area contributed by atoms with Gasteiger partial charge in [-0.2, -0.15) is 0 Å². The Balaban J connectivity index is 2.02. The second-order valence-electron chi connectivity index (χ2n) is 7.35. The highest BCUT2D eigenvalue weighted by molar-refractivity contribution is 5.90. The number of alkyl carbamates (subject to hydrolysis) is 1. The van der Waals surface area contributed by atoms with Gasteiger partial charge in [-0.1, -0.05) is 56.3 Å². The zero-order valence-corrected chi connectivity index (χ0v) is 17.8. The van der Waals surface area contributed by atoms with E-state index in [1.165, 1.54) is 25.3 Å². The fourth-order valence-electron chi connectivity index (χ4n) is 2.92. The van der Waals surface area contributed by atoms with Gasteiger partial charge >= 0.3 is 12.1 Å². The van der Waals surface area contributed by atoms with Crippen LogP contribution in [0.5, 0.6) is 0 Å². The van der Waals surface area contributed by atoms with Gasteiger partial charge in [0.15, 0.2) is 0 Å². The minimum Gasteiger partial charge on any atom is -0.467 e. The summed E-state index contributed by atoms with van der Waals surface area (Å²) in [4.78, 5) is 37.2. The Kier molecular flexibility index (Phi) is 8.99. The van der Waals surface area contributed by atoms with E-state index in [9.17, 15) is 18.8 Å². The normalized spacial score (nSPS) is 12.5. The number of esters is 1. The van der Waals surface area contributed by atoms with Crippen molar-refractivity contribution in [2.24, 2.45) is 5.92 Å². The summed E-state index contributed by atoms with van der Waals surface area (Å²) in [6, 6.07) is 12.9. The van der Waals surface area contributed by atoms with Crippen molar-refractivity contribution in [3.05, 3.63) is 71.5 Å². The largest absolute Gasteiger partial charge is 0.467 e. The summed E-state index contributed by atoms with van der Waals surface area (Å²) in [6.07, 6.45) is -0.711. The van der Waals surface area contributed by atoms with Crippen molar-refractivity contribution in [2.75, 3.05) is 7.11 Å². The van der Waals surface area contributed by atoms with Gasteiger partial charge in [0.05, 0.1) is 7.11 Å². The summed E-state index contributed by atoms with van der Waals surface area (Å²) in [5.74, 6) is -1.97. The van der Waals surface area contributed by atoms with Gasteiger partial charge in [-0.05, 0) is 29.2 Å². The molecule has 0 aliphatic carbocycles. The molecule has 2 N–H and O–H groups in total. The van der Waals surface area contributed by atoms with E-state index < -0.39 is 35.9 Å². The molecule has 0 radical (unpaired) electrons. The molecular formula is C23H27FN2O5. The molecule has 2 rings (SSSR count). The van der Waals surface area contributed by atoms with Crippen molar-refractivity contribution < 1.29 is 28.2 Å². The van der Waals surface area contributed by atoms with Gasteiger partial charge in [0, 0.05) is 6.42 Å². The lowest BCUT2D eigenvalue weighted by molar-refractivity contribution is -0.145. The number of nitrogens with one attached hydrogen (secondary N) is 2. The summed E-state index contributed by atoms with van der Waals surface area (Å²) < 4.78 is 23.4. The van der Waals surface area contributed by atoms with Crippen LogP contribution in [0.25, 0.3) is 0 Å². The van der Waals surface area contributed by atoms with Gasteiger partial charge < -0.3 is 20.1 Å². The van der Waals surface area contributed by atoms with Crippen molar-refractivity contribution >= 4 is 18.0 Å².